The highest BCUT2D eigenvalue weighted by molar-refractivity contribution is 8.00. The Balaban J connectivity index is 1.55. The zero-order chi connectivity index (χ0) is 19.2. The molecule has 3 rings (SSSR count). The van der Waals surface area contributed by atoms with Crippen LogP contribution in [0.4, 0.5) is 11.4 Å². The fourth-order valence-electron chi connectivity index (χ4n) is 2.16. The maximum atomic E-state index is 12.1. The van der Waals surface area contributed by atoms with E-state index in [9.17, 15) is 9.59 Å². The van der Waals surface area contributed by atoms with Crippen LogP contribution in [0.1, 0.15) is 10.6 Å². The van der Waals surface area contributed by atoms with Crippen molar-refractivity contribution in [3.8, 4) is 0 Å². The third-order valence-electron chi connectivity index (χ3n) is 3.43. The molecule has 8 heteroatoms. The predicted octanol–water partition coefficient (Wildman–Crippen LogP) is 5.57. The van der Waals surface area contributed by atoms with Gasteiger partial charge < -0.3 is 15.1 Å². The number of anilines is 2. The summed E-state index contributed by atoms with van der Waals surface area (Å²) in [6.07, 6.45) is 1.41. The standard InChI is InChI=1S/C19H14Cl2N2O3S/c20-12-3-6-14(7-4-12)27-11-18(24)22-13-5-8-16(15(21)10-13)23-19(25)17-2-1-9-26-17/h1-10H,11H2,(H,22,24)(H,23,25). The Hall–Kier alpha value is -2.41. The first kappa shape index (κ1) is 19.4. The molecule has 0 aliphatic carbocycles. The Morgan fingerprint density at radius 2 is 1.78 bits per heavy atom. The summed E-state index contributed by atoms with van der Waals surface area (Å²) in [6.45, 7) is 0. The van der Waals surface area contributed by atoms with Crippen molar-refractivity contribution in [2.75, 3.05) is 16.4 Å². The molecule has 0 aliphatic heterocycles. The number of amides is 2. The minimum atomic E-state index is -0.405. The van der Waals surface area contributed by atoms with Gasteiger partial charge in [-0.2, -0.15) is 0 Å². The molecule has 2 N–H and O–H groups in total. The second-order valence-corrected chi connectivity index (χ2v) is 7.31. The highest BCUT2D eigenvalue weighted by Crippen LogP contribution is 2.27. The predicted molar refractivity (Wildman–Crippen MR) is 109 cm³/mol. The molecule has 1 heterocycles. The lowest BCUT2D eigenvalue weighted by atomic mass is 10.2. The van der Waals surface area contributed by atoms with Gasteiger partial charge in [-0.05, 0) is 54.6 Å². The van der Waals surface area contributed by atoms with Gasteiger partial charge in [0.2, 0.25) is 5.91 Å². The number of hydrogen-bond donors (Lipinski definition) is 2. The van der Waals surface area contributed by atoms with Crippen molar-refractivity contribution >= 4 is 58.2 Å². The molecule has 5 nitrogen and oxygen atoms in total. The molecule has 27 heavy (non-hydrogen) atoms. The molecule has 0 saturated carbocycles. The number of thioether (sulfide) groups is 1. The molecule has 0 radical (unpaired) electrons. The van der Waals surface area contributed by atoms with Gasteiger partial charge in [0.25, 0.3) is 5.91 Å². The van der Waals surface area contributed by atoms with Crippen LogP contribution in [0.3, 0.4) is 0 Å². The van der Waals surface area contributed by atoms with Gasteiger partial charge in [0.15, 0.2) is 5.76 Å². The normalized spacial score (nSPS) is 10.4. The fourth-order valence-corrected chi connectivity index (χ4v) is 3.21. The van der Waals surface area contributed by atoms with E-state index in [1.54, 1.807) is 42.5 Å². The second kappa shape index (κ2) is 8.99. The third kappa shape index (κ3) is 5.53. The minimum absolute atomic E-state index is 0.168. The quantitative estimate of drug-likeness (QED) is 0.511. The minimum Gasteiger partial charge on any atom is -0.459 e. The van der Waals surface area contributed by atoms with Gasteiger partial charge in [-0.3, -0.25) is 9.59 Å². The number of carbonyl (C=O) groups is 2. The van der Waals surface area contributed by atoms with Crippen molar-refractivity contribution in [3.05, 3.63) is 76.7 Å². The Labute approximate surface area is 170 Å². The third-order valence-corrected chi connectivity index (χ3v) is 5.01. The summed E-state index contributed by atoms with van der Waals surface area (Å²) in [4.78, 5) is 25.0. The zero-order valence-corrected chi connectivity index (χ0v) is 16.2. The van der Waals surface area contributed by atoms with Crippen LogP contribution in [0.5, 0.6) is 0 Å². The molecule has 0 spiro atoms. The van der Waals surface area contributed by atoms with Gasteiger partial charge in [-0.1, -0.05) is 23.2 Å². The van der Waals surface area contributed by atoms with Crippen molar-refractivity contribution in [2.24, 2.45) is 0 Å². The van der Waals surface area contributed by atoms with E-state index in [4.69, 9.17) is 27.6 Å². The lowest BCUT2D eigenvalue weighted by Gasteiger charge is -2.09. The highest BCUT2D eigenvalue weighted by atomic mass is 35.5. The first-order valence-electron chi connectivity index (χ1n) is 7.84. The first-order chi connectivity index (χ1) is 13.0. The van der Waals surface area contributed by atoms with Crippen LogP contribution in [0.25, 0.3) is 0 Å². The molecule has 1 aromatic heterocycles. The van der Waals surface area contributed by atoms with Gasteiger partial charge in [-0.25, -0.2) is 0 Å². The number of rotatable bonds is 6. The maximum Gasteiger partial charge on any atom is 0.291 e. The highest BCUT2D eigenvalue weighted by Gasteiger charge is 2.12. The number of benzene rings is 2. The molecule has 3 aromatic rings. The zero-order valence-electron chi connectivity index (χ0n) is 13.9. The van der Waals surface area contributed by atoms with Crippen LogP contribution < -0.4 is 10.6 Å². The van der Waals surface area contributed by atoms with Crippen LogP contribution in [0.15, 0.2) is 70.2 Å². The Kier molecular flexibility index (Phi) is 6.45. The molecule has 0 unspecified atom stereocenters. The number of hydrogen-bond acceptors (Lipinski definition) is 4. The number of carbonyl (C=O) groups excluding carboxylic acids is 2. The lowest BCUT2D eigenvalue weighted by Crippen LogP contribution is -2.14. The smallest absolute Gasteiger partial charge is 0.291 e. The molecular formula is C19H14Cl2N2O3S. The van der Waals surface area contributed by atoms with E-state index in [2.05, 4.69) is 10.6 Å². The van der Waals surface area contributed by atoms with Crippen molar-refractivity contribution in [2.45, 2.75) is 4.90 Å². The molecule has 0 bridgehead atoms. The molecule has 0 fully saturated rings. The summed E-state index contributed by atoms with van der Waals surface area (Å²) in [5, 5.41) is 6.38. The average Bonchev–Trinajstić information content (AvgIpc) is 3.18. The van der Waals surface area contributed by atoms with Gasteiger partial charge in [0.05, 0.1) is 22.7 Å². The maximum absolute atomic E-state index is 12.1. The largest absolute Gasteiger partial charge is 0.459 e. The van der Waals surface area contributed by atoms with Crippen LogP contribution in [0.2, 0.25) is 10.0 Å². The molecule has 0 saturated heterocycles. The summed E-state index contributed by atoms with van der Waals surface area (Å²) < 4.78 is 5.03. The van der Waals surface area contributed by atoms with Crippen molar-refractivity contribution in [3.63, 3.8) is 0 Å². The topological polar surface area (TPSA) is 71.3 Å². The second-order valence-electron chi connectivity index (χ2n) is 5.42. The molecule has 0 aliphatic rings. The summed E-state index contributed by atoms with van der Waals surface area (Å²) in [5.41, 5.74) is 0.962. The van der Waals surface area contributed by atoms with Crippen LogP contribution in [-0.2, 0) is 4.79 Å². The Morgan fingerprint density at radius 1 is 1.00 bits per heavy atom. The monoisotopic (exact) mass is 420 g/mol. The summed E-state index contributed by atoms with van der Waals surface area (Å²) in [6, 6.07) is 15.3. The SMILES string of the molecule is O=C(CSc1ccc(Cl)cc1)Nc1ccc(NC(=O)c2ccco2)c(Cl)c1. The number of furan rings is 1. The summed E-state index contributed by atoms with van der Waals surface area (Å²) >= 11 is 13.4. The Morgan fingerprint density at radius 3 is 2.44 bits per heavy atom. The van der Waals surface area contributed by atoms with Gasteiger partial charge in [0.1, 0.15) is 0 Å². The van der Waals surface area contributed by atoms with Crippen LogP contribution in [0, 0.1) is 0 Å². The van der Waals surface area contributed by atoms with Crippen molar-refractivity contribution < 1.29 is 14.0 Å². The van der Waals surface area contributed by atoms with E-state index in [1.807, 2.05) is 12.1 Å². The molecule has 138 valence electrons. The van der Waals surface area contributed by atoms with Gasteiger partial charge in [-0.15, -0.1) is 11.8 Å². The van der Waals surface area contributed by atoms with Gasteiger partial charge >= 0.3 is 0 Å². The van der Waals surface area contributed by atoms with E-state index in [1.165, 1.54) is 18.0 Å². The average molecular weight is 421 g/mol. The van der Waals surface area contributed by atoms with E-state index >= 15 is 0 Å². The van der Waals surface area contributed by atoms with Crippen LogP contribution in [-0.4, -0.2) is 17.6 Å². The molecular weight excluding hydrogens is 407 g/mol. The molecule has 2 amide bonds. The first-order valence-corrected chi connectivity index (χ1v) is 9.58. The molecule has 2 aromatic carbocycles. The van der Waals surface area contributed by atoms with E-state index in [0.29, 0.717) is 21.4 Å². The number of nitrogens with one attached hydrogen (secondary N) is 2. The Bertz CT molecular complexity index is 944. The van der Waals surface area contributed by atoms with Gasteiger partial charge in [0, 0.05) is 15.6 Å². The van der Waals surface area contributed by atoms with E-state index < -0.39 is 5.91 Å². The summed E-state index contributed by atoms with van der Waals surface area (Å²) in [5.74, 6) is -0.143. The molecule has 0 atom stereocenters. The van der Waals surface area contributed by atoms with Crippen molar-refractivity contribution in [1.82, 2.24) is 0 Å². The lowest BCUT2D eigenvalue weighted by molar-refractivity contribution is -0.113. The van der Waals surface area contributed by atoms with Crippen LogP contribution >= 0.6 is 35.0 Å². The van der Waals surface area contributed by atoms with Crippen molar-refractivity contribution in [1.29, 1.82) is 0 Å². The fraction of sp³-hybridized carbons (Fsp3) is 0.0526. The number of halogens is 2. The van der Waals surface area contributed by atoms with E-state index in [-0.39, 0.29) is 17.4 Å². The van der Waals surface area contributed by atoms with E-state index in [0.717, 1.165) is 4.90 Å². The summed E-state index contributed by atoms with van der Waals surface area (Å²) in [7, 11) is 0.